The van der Waals surface area contributed by atoms with E-state index in [0.29, 0.717) is 11.3 Å². The van der Waals surface area contributed by atoms with Gasteiger partial charge in [0.1, 0.15) is 0 Å². The van der Waals surface area contributed by atoms with Gasteiger partial charge in [0.2, 0.25) is 16.3 Å². The summed E-state index contributed by atoms with van der Waals surface area (Å²) in [5.74, 6) is 0. The average Bonchev–Trinajstić information content (AvgIpc) is 2.14. The first-order chi connectivity index (χ1) is 6.92. The smallest absolute Gasteiger partial charge is 0.229 e. The fourth-order valence-corrected chi connectivity index (χ4v) is 1.63. The second-order valence-electron chi connectivity index (χ2n) is 3.10. The number of carbonyl (C=O) groups excluding carboxylic acids is 1. The monoisotopic (exact) mass is 227 g/mol. The third kappa shape index (κ3) is 3.69. The summed E-state index contributed by atoms with van der Waals surface area (Å²) in [5, 5.41) is 0. The number of benzene rings is 1. The highest BCUT2D eigenvalue weighted by Crippen LogP contribution is 2.15. The molecule has 15 heavy (non-hydrogen) atoms. The summed E-state index contributed by atoms with van der Waals surface area (Å²) >= 11 is 0. The number of hydrogen-bond acceptors (Lipinski definition) is 4. The molecule has 6 heteroatoms. The van der Waals surface area contributed by atoms with Crippen molar-refractivity contribution in [2.24, 2.45) is 5.73 Å². The predicted molar refractivity (Wildman–Crippen MR) is 57.5 cm³/mol. The molecule has 0 heterocycles. The molecule has 1 aromatic rings. The van der Waals surface area contributed by atoms with Crippen LogP contribution in [0.25, 0.3) is 0 Å². The molecule has 0 spiro atoms. The maximum atomic E-state index is 10.9. The Bertz CT molecular complexity index is 456. The Morgan fingerprint density at radius 2 is 2.13 bits per heavy atom. The van der Waals surface area contributed by atoms with E-state index >= 15 is 0 Å². The fraction of sp³-hybridized carbons (Fsp3) is 0.222. The minimum Gasteiger partial charge on any atom is -0.317 e. The van der Waals surface area contributed by atoms with Gasteiger partial charge in [-0.05, 0) is 17.7 Å². The molecule has 0 bridgehead atoms. The van der Waals surface area contributed by atoms with Gasteiger partial charge in [0, 0.05) is 5.69 Å². The van der Waals surface area contributed by atoms with Crippen LogP contribution in [0.15, 0.2) is 24.3 Å². The summed E-state index contributed by atoms with van der Waals surface area (Å²) in [6.45, 7) is 0. The van der Waals surface area contributed by atoms with Crippen molar-refractivity contribution in [1.29, 1.82) is 0 Å². The summed E-state index contributed by atoms with van der Waals surface area (Å²) in [7, 11) is -3.32. The molecular weight excluding hydrogens is 216 g/mol. The van der Waals surface area contributed by atoms with E-state index in [9.17, 15) is 13.2 Å². The topological polar surface area (TPSA) is 89.3 Å². The first-order valence-corrected chi connectivity index (χ1v) is 6.02. The van der Waals surface area contributed by atoms with E-state index in [0.717, 1.165) is 6.26 Å². The lowest BCUT2D eigenvalue weighted by atomic mass is 10.1. The van der Waals surface area contributed by atoms with Crippen LogP contribution >= 0.6 is 0 Å². The zero-order valence-corrected chi connectivity index (χ0v) is 8.91. The van der Waals surface area contributed by atoms with Crippen LogP contribution in [0.2, 0.25) is 0 Å². The van der Waals surface area contributed by atoms with Gasteiger partial charge in [0.25, 0.3) is 0 Å². The van der Waals surface area contributed by atoms with Crippen LogP contribution in [0, 0.1) is 0 Å². The molecule has 1 rings (SSSR count). The Morgan fingerprint density at radius 3 is 2.67 bits per heavy atom. The molecule has 1 unspecified atom stereocenters. The highest BCUT2D eigenvalue weighted by Gasteiger charge is 2.07. The van der Waals surface area contributed by atoms with Crippen molar-refractivity contribution in [3.05, 3.63) is 29.8 Å². The molecule has 0 saturated heterocycles. The summed E-state index contributed by atoms with van der Waals surface area (Å²) in [5.41, 5.74) is 6.31. The number of nitrogens with one attached hydrogen (secondary N) is 1. The van der Waals surface area contributed by atoms with E-state index in [-0.39, 0.29) is 0 Å². The highest BCUT2D eigenvalue weighted by molar-refractivity contribution is 7.92. The zero-order chi connectivity index (χ0) is 11.5. The molecule has 0 aromatic heterocycles. The van der Waals surface area contributed by atoms with Gasteiger partial charge in [-0.15, -0.1) is 0 Å². The summed E-state index contributed by atoms with van der Waals surface area (Å²) in [6.07, 6.45) is 2.67. The SMILES string of the molecule is CS(=O)(=O)Nc1cccc(C(N)[C]=O)c1. The maximum absolute atomic E-state index is 10.9. The van der Waals surface area contributed by atoms with Gasteiger partial charge in [0.15, 0.2) is 0 Å². The minimum absolute atomic E-state index is 0.376. The van der Waals surface area contributed by atoms with Crippen LogP contribution < -0.4 is 10.5 Å². The third-order valence-corrected chi connectivity index (χ3v) is 2.28. The van der Waals surface area contributed by atoms with Gasteiger partial charge in [-0.25, -0.2) is 8.42 Å². The Balaban J connectivity index is 2.98. The molecule has 81 valence electrons. The minimum atomic E-state index is -3.32. The van der Waals surface area contributed by atoms with E-state index in [1.165, 1.54) is 6.07 Å². The highest BCUT2D eigenvalue weighted by atomic mass is 32.2. The van der Waals surface area contributed by atoms with Crippen molar-refractivity contribution in [1.82, 2.24) is 0 Å². The van der Waals surface area contributed by atoms with Gasteiger partial charge in [-0.1, -0.05) is 12.1 Å². The lowest BCUT2D eigenvalue weighted by Gasteiger charge is -2.07. The molecular formula is C9H11N2O3S. The fourth-order valence-electron chi connectivity index (χ4n) is 1.08. The first-order valence-electron chi connectivity index (χ1n) is 4.13. The van der Waals surface area contributed by atoms with Crippen molar-refractivity contribution in [3.63, 3.8) is 0 Å². The van der Waals surface area contributed by atoms with Crippen LogP contribution in [0.5, 0.6) is 0 Å². The molecule has 0 amide bonds. The molecule has 0 aliphatic rings. The lowest BCUT2D eigenvalue weighted by Crippen LogP contribution is -2.13. The number of anilines is 1. The van der Waals surface area contributed by atoms with Crippen molar-refractivity contribution < 1.29 is 13.2 Å². The molecule has 0 aliphatic heterocycles. The number of rotatable bonds is 4. The first kappa shape index (κ1) is 11.7. The van der Waals surface area contributed by atoms with Crippen molar-refractivity contribution in [3.8, 4) is 0 Å². The molecule has 5 nitrogen and oxygen atoms in total. The normalized spacial score (nSPS) is 13.2. The molecule has 1 aromatic carbocycles. The van der Waals surface area contributed by atoms with E-state index in [4.69, 9.17) is 5.73 Å². The zero-order valence-electron chi connectivity index (χ0n) is 8.10. The number of hydrogen-bond donors (Lipinski definition) is 2. The van der Waals surface area contributed by atoms with Gasteiger partial charge in [-0.3, -0.25) is 9.52 Å². The second-order valence-corrected chi connectivity index (χ2v) is 4.84. The van der Waals surface area contributed by atoms with E-state index in [1.807, 2.05) is 0 Å². The molecule has 0 aliphatic carbocycles. The Labute approximate surface area is 88.3 Å². The third-order valence-electron chi connectivity index (χ3n) is 1.68. The Morgan fingerprint density at radius 1 is 1.47 bits per heavy atom. The maximum Gasteiger partial charge on any atom is 0.229 e. The van der Waals surface area contributed by atoms with E-state index in [1.54, 1.807) is 24.5 Å². The quantitative estimate of drug-likeness (QED) is 0.767. The van der Waals surface area contributed by atoms with Gasteiger partial charge < -0.3 is 5.73 Å². The van der Waals surface area contributed by atoms with Gasteiger partial charge in [-0.2, -0.15) is 0 Å². The summed E-state index contributed by atoms with van der Waals surface area (Å²) in [4.78, 5) is 10.3. The van der Waals surface area contributed by atoms with Crippen LogP contribution in [-0.2, 0) is 14.8 Å². The van der Waals surface area contributed by atoms with E-state index in [2.05, 4.69) is 4.72 Å². The Kier molecular flexibility index (Phi) is 3.43. The van der Waals surface area contributed by atoms with Crippen LogP contribution in [0.3, 0.4) is 0 Å². The van der Waals surface area contributed by atoms with Crippen molar-refractivity contribution >= 4 is 22.0 Å². The summed E-state index contributed by atoms with van der Waals surface area (Å²) < 4.78 is 24.2. The Hall–Kier alpha value is -1.40. The molecule has 0 saturated carbocycles. The predicted octanol–water partition coefficient (Wildman–Crippen LogP) is 0.168. The number of sulfonamides is 1. The van der Waals surface area contributed by atoms with Crippen LogP contribution in [0.1, 0.15) is 11.6 Å². The van der Waals surface area contributed by atoms with Crippen molar-refractivity contribution in [2.45, 2.75) is 6.04 Å². The molecule has 3 N–H and O–H groups in total. The molecule has 0 fully saturated rings. The largest absolute Gasteiger partial charge is 0.317 e. The van der Waals surface area contributed by atoms with Crippen LogP contribution in [0.4, 0.5) is 5.69 Å². The lowest BCUT2D eigenvalue weighted by molar-refractivity contribution is 0.544. The number of nitrogens with two attached hydrogens (primary N) is 1. The molecule has 1 radical (unpaired) electrons. The summed E-state index contributed by atoms with van der Waals surface area (Å²) in [6, 6.07) is 5.45. The van der Waals surface area contributed by atoms with Gasteiger partial charge >= 0.3 is 0 Å². The van der Waals surface area contributed by atoms with Crippen LogP contribution in [-0.4, -0.2) is 21.0 Å². The average molecular weight is 227 g/mol. The van der Waals surface area contributed by atoms with Crippen molar-refractivity contribution in [2.75, 3.05) is 11.0 Å². The van der Waals surface area contributed by atoms with Gasteiger partial charge in [0.05, 0.1) is 12.3 Å². The van der Waals surface area contributed by atoms with E-state index < -0.39 is 16.1 Å². The molecule has 1 atom stereocenters. The standard InChI is InChI=1S/C9H11N2O3S/c1-15(13,14)11-8-4-2-3-7(5-8)9(10)6-12/h2-5,9,11H,10H2,1H3. The second kappa shape index (κ2) is 4.41.